The SMILES string of the molecule is CC(C)(C)C(=O)/C=C(\O)C(C)(C)C.CCC(CC)c1cc(C)[c-]c(-c2ccc3ncccc3n2)c1.[Ir]. The van der Waals surface area contributed by atoms with Crippen molar-refractivity contribution in [1.82, 2.24) is 9.97 Å². The molecule has 0 bridgehead atoms. The third-order valence-electron chi connectivity index (χ3n) is 5.99. The zero-order valence-electron chi connectivity index (χ0n) is 23.2. The van der Waals surface area contributed by atoms with Crippen LogP contribution in [0.25, 0.3) is 22.3 Å². The van der Waals surface area contributed by atoms with E-state index in [1.807, 2.05) is 65.8 Å². The van der Waals surface area contributed by atoms with E-state index in [0.717, 1.165) is 35.1 Å². The van der Waals surface area contributed by atoms with Crippen molar-refractivity contribution in [3.63, 3.8) is 0 Å². The summed E-state index contributed by atoms with van der Waals surface area (Å²) in [7, 11) is 0. The van der Waals surface area contributed by atoms with Crippen LogP contribution in [0.3, 0.4) is 0 Å². The molecule has 1 N–H and O–H groups in total. The first-order chi connectivity index (χ1) is 16.3. The van der Waals surface area contributed by atoms with Crippen molar-refractivity contribution in [2.24, 2.45) is 10.8 Å². The van der Waals surface area contributed by atoms with Crippen molar-refractivity contribution in [1.29, 1.82) is 0 Å². The Bertz CT molecular complexity index is 1180. The molecule has 0 fully saturated rings. The van der Waals surface area contributed by atoms with Crippen molar-refractivity contribution in [3.05, 3.63) is 71.6 Å². The fourth-order valence-electron chi connectivity index (χ4n) is 3.54. The van der Waals surface area contributed by atoms with E-state index in [9.17, 15) is 9.90 Å². The Balaban J connectivity index is 0.000000402. The number of benzene rings is 1. The first kappa shape index (κ1) is 31.7. The van der Waals surface area contributed by atoms with Crippen LogP contribution in [0.15, 0.2) is 54.4 Å². The summed E-state index contributed by atoms with van der Waals surface area (Å²) in [6.07, 6.45) is 5.45. The number of aromatic nitrogens is 2. The van der Waals surface area contributed by atoms with Gasteiger partial charge >= 0.3 is 0 Å². The fourth-order valence-corrected chi connectivity index (χ4v) is 3.54. The number of allylic oxidation sites excluding steroid dienone is 2. The first-order valence-corrected chi connectivity index (χ1v) is 12.5. The molecule has 0 amide bonds. The van der Waals surface area contributed by atoms with Crippen LogP contribution in [-0.4, -0.2) is 20.9 Å². The molecule has 3 aromatic rings. The number of pyridine rings is 2. The molecule has 1 radical (unpaired) electrons. The van der Waals surface area contributed by atoms with Crippen LogP contribution in [0.2, 0.25) is 0 Å². The second-order valence-corrected chi connectivity index (χ2v) is 11.2. The standard InChI is InChI=1S/C20H21N2.C11H20O2.Ir/c1-4-15(5-2)16-11-14(3)12-17(13-16)18-8-9-19-20(22-18)7-6-10-21-19;1-10(2,3)8(12)7-9(13)11(4,5)6;/h6-11,13,15H,4-5H2,1-3H3;7,12H,1-6H3;/q-1;;/b;8-7-;. The van der Waals surface area contributed by atoms with Gasteiger partial charge in [-0.25, -0.2) is 0 Å². The minimum Gasteiger partial charge on any atom is -0.512 e. The summed E-state index contributed by atoms with van der Waals surface area (Å²) in [5, 5.41) is 9.56. The molecule has 0 unspecified atom stereocenters. The minimum atomic E-state index is -0.417. The Morgan fingerprint density at radius 3 is 2.19 bits per heavy atom. The number of carbonyl (C=O) groups excluding carboxylic acids is 1. The van der Waals surface area contributed by atoms with Gasteiger partial charge in [0, 0.05) is 43.2 Å². The van der Waals surface area contributed by atoms with Gasteiger partial charge < -0.3 is 5.11 Å². The predicted octanol–water partition coefficient (Wildman–Crippen LogP) is 8.40. The number of rotatable bonds is 5. The average Bonchev–Trinajstić information content (AvgIpc) is 2.78. The van der Waals surface area contributed by atoms with Gasteiger partial charge in [0.15, 0.2) is 5.78 Å². The van der Waals surface area contributed by atoms with Crippen molar-refractivity contribution in [2.45, 2.75) is 81.1 Å². The number of carbonyl (C=O) groups is 1. The zero-order valence-corrected chi connectivity index (χ0v) is 25.6. The molecular weight excluding hydrogens is 625 g/mol. The van der Waals surface area contributed by atoms with Crippen LogP contribution in [0.4, 0.5) is 0 Å². The van der Waals surface area contributed by atoms with Gasteiger partial charge in [0.2, 0.25) is 0 Å². The van der Waals surface area contributed by atoms with Crippen LogP contribution >= 0.6 is 0 Å². The van der Waals surface area contributed by atoms with Crippen molar-refractivity contribution in [3.8, 4) is 11.3 Å². The van der Waals surface area contributed by atoms with Crippen LogP contribution in [0.1, 0.15) is 85.3 Å². The van der Waals surface area contributed by atoms with E-state index in [4.69, 9.17) is 4.98 Å². The molecule has 0 spiro atoms. The summed E-state index contributed by atoms with van der Waals surface area (Å²) < 4.78 is 0. The van der Waals surface area contributed by atoms with E-state index in [1.54, 1.807) is 6.20 Å². The Kier molecular flexibility index (Phi) is 11.7. The molecular formula is C31H41IrN2O2-. The third-order valence-corrected chi connectivity index (χ3v) is 5.99. The molecule has 0 saturated heterocycles. The zero-order chi connectivity index (χ0) is 26.4. The van der Waals surface area contributed by atoms with Gasteiger partial charge in [0.05, 0.1) is 11.0 Å². The number of hydrogen-bond donors (Lipinski definition) is 1. The number of aliphatic hydroxyl groups excluding tert-OH is 1. The molecule has 0 saturated carbocycles. The van der Waals surface area contributed by atoms with E-state index >= 15 is 0 Å². The number of ketones is 1. The average molecular weight is 666 g/mol. The van der Waals surface area contributed by atoms with Crippen LogP contribution in [0, 0.1) is 23.8 Å². The number of nitrogens with zero attached hydrogens (tertiary/aromatic N) is 2. The maximum Gasteiger partial charge on any atom is 0.164 e. The van der Waals surface area contributed by atoms with Crippen molar-refractivity contribution in [2.75, 3.05) is 0 Å². The van der Waals surface area contributed by atoms with E-state index < -0.39 is 5.41 Å². The van der Waals surface area contributed by atoms with E-state index in [-0.39, 0.29) is 37.1 Å². The molecule has 2 heterocycles. The van der Waals surface area contributed by atoms with E-state index in [1.165, 1.54) is 17.2 Å². The molecule has 4 nitrogen and oxygen atoms in total. The molecule has 0 aliphatic rings. The molecule has 5 heteroatoms. The monoisotopic (exact) mass is 666 g/mol. The number of aliphatic hydroxyl groups is 1. The van der Waals surface area contributed by atoms with Gasteiger partial charge in [-0.05, 0) is 29.8 Å². The third kappa shape index (κ3) is 8.94. The quantitative estimate of drug-likeness (QED) is 0.169. The maximum absolute atomic E-state index is 11.5. The Morgan fingerprint density at radius 1 is 1.00 bits per heavy atom. The molecule has 197 valence electrons. The Labute approximate surface area is 231 Å². The molecule has 36 heavy (non-hydrogen) atoms. The topological polar surface area (TPSA) is 63.1 Å². The van der Waals surface area contributed by atoms with Gasteiger partial charge in [0.1, 0.15) is 5.76 Å². The Morgan fingerprint density at radius 2 is 1.64 bits per heavy atom. The van der Waals surface area contributed by atoms with Gasteiger partial charge in [-0.2, -0.15) is 0 Å². The van der Waals surface area contributed by atoms with Crippen LogP contribution < -0.4 is 0 Å². The van der Waals surface area contributed by atoms with Gasteiger partial charge in [0.25, 0.3) is 0 Å². The van der Waals surface area contributed by atoms with Crippen molar-refractivity contribution < 1.29 is 30.0 Å². The second-order valence-electron chi connectivity index (χ2n) is 11.2. The molecule has 0 aliphatic carbocycles. The summed E-state index contributed by atoms with van der Waals surface area (Å²) in [5.41, 5.74) is 5.71. The Hall–Kier alpha value is -2.36. The first-order valence-electron chi connectivity index (χ1n) is 12.5. The summed E-state index contributed by atoms with van der Waals surface area (Å²) >= 11 is 0. The predicted molar refractivity (Wildman–Crippen MR) is 146 cm³/mol. The van der Waals surface area contributed by atoms with E-state index in [2.05, 4.69) is 44.0 Å². The largest absolute Gasteiger partial charge is 0.512 e. The normalized spacial score (nSPS) is 12.1. The van der Waals surface area contributed by atoms with Crippen LogP contribution in [-0.2, 0) is 24.9 Å². The molecule has 1 aromatic carbocycles. The summed E-state index contributed by atoms with van der Waals surface area (Å²) in [5.74, 6) is 0.710. The second kappa shape index (κ2) is 13.3. The summed E-state index contributed by atoms with van der Waals surface area (Å²) in [6, 6.07) is 15.9. The molecule has 0 atom stereocenters. The minimum absolute atomic E-state index is 0. The molecule has 0 aliphatic heterocycles. The number of fused-ring (bicyclic) bond motifs is 1. The summed E-state index contributed by atoms with van der Waals surface area (Å²) in [6.45, 7) is 17.7. The van der Waals surface area contributed by atoms with Gasteiger partial charge in [-0.3, -0.25) is 14.8 Å². The summed E-state index contributed by atoms with van der Waals surface area (Å²) in [4.78, 5) is 20.6. The molecule has 3 rings (SSSR count). The van der Waals surface area contributed by atoms with Crippen molar-refractivity contribution >= 4 is 16.8 Å². The smallest absolute Gasteiger partial charge is 0.164 e. The number of hydrogen-bond acceptors (Lipinski definition) is 4. The fraction of sp³-hybridized carbons (Fsp3) is 0.452. The van der Waals surface area contributed by atoms with Gasteiger partial charge in [-0.1, -0.05) is 81.2 Å². The van der Waals surface area contributed by atoms with E-state index in [0.29, 0.717) is 5.92 Å². The molecule has 2 aromatic heterocycles. The number of aryl methyl sites for hydroxylation is 1. The van der Waals surface area contributed by atoms with Gasteiger partial charge in [-0.15, -0.1) is 34.9 Å². The van der Waals surface area contributed by atoms with Crippen LogP contribution in [0.5, 0.6) is 0 Å². The maximum atomic E-state index is 11.5.